The Morgan fingerprint density at radius 3 is 2.53 bits per heavy atom. The molecule has 0 radical (unpaired) electrons. The largest absolute Gasteiger partial charge is 0.381 e. The highest BCUT2D eigenvalue weighted by atomic mass is 16.5. The number of hydrogen-bond acceptors (Lipinski definition) is 3. The van der Waals surface area contributed by atoms with Crippen molar-refractivity contribution in [3.05, 3.63) is 0 Å². The zero-order valence-corrected chi connectivity index (χ0v) is 10.3. The summed E-state index contributed by atoms with van der Waals surface area (Å²) >= 11 is 0. The van der Waals surface area contributed by atoms with Crippen molar-refractivity contribution in [2.24, 2.45) is 17.6 Å². The molecule has 0 heterocycles. The van der Waals surface area contributed by atoms with E-state index >= 15 is 0 Å². The van der Waals surface area contributed by atoms with E-state index in [1.807, 2.05) is 6.92 Å². The number of nitrogens with two attached hydrogens (primary N) is 1. The zero-order chi connectivity index (χ0) is 11.7. The third-order valence-corrected chi connectivity index (χ3v) is 2.24. The van der Waals surface area contributed by atoms with Crippen LogP contribution in [0.2, 0.25) is 0 Å². The average molecular weight is 215 g/mol. The Bertz CT molecular complexity index is 169. The minimum Gasteiger partial charge on any atom is -0.381 e. The Balaban J connectivity index is 3.40. The summed E-state index contributed by atoms with van der Waals surface area (Å²) < 4.78 is 5.50. The lowest BCUT2D eigenvalue weighted by Gasteiger charge is -2.11. The van der Waals surface area contributed by atoms with Crippen LogP contribution in [0.3, 0.4) is 0 Å². The molecule has 1 unspecified atom stereocenters. The fourth-order valence-electron chi connectivity index (χ4n) is 1.31. The number of hydrogen-bond donors (Lipinski definition) is 1. The van der Waals surface area contributed by atoms with Crippen LogP contribution in [0.1, 0.15) is 40.0 Å². The lowest BCUT2D eigenvalue weighted by Crippen LogP contribution is -2.15. The standard InChI is InChI=1S/C12H25NO2/c1-10(2)5-7-15-9-11(3)8-12(14)4-6-13/h10-11H,4-9,13H2,1-3H3. The predicted octanol–water partition coefficient (Wildman–Crippen LogP) is 1.99. The van der Waals surface area contributed by atoms with Crippen LogP contribution in [0, 0.1) is 11.8 Å². The summed E-state index contributed by atoms with van der Waals surface area (Å²) in [5.41, 5.74) is 5.31. The van der Waals surface area contributed by atoms with Crippen molar-refractivity contribution >= 4 is 5.78 Å². The highest BCUT2D eigenvalue weighted by molar-refractivity contribution is 5.78. The van der Waals surface area contributed by atoms with Gasteiger partial charge in [0.25, 0.3) is 0 Å². The molecule has 1 atom stereocenters. The highest BCUT2D eigenvalue weighted by Crippen LogP contribution is 2.06. The lowest BCUT2D eigenvalue weighted by atomic mass is 10.0. The van der Waals surface area contributed by atoms with Crippen LogP contribution in [0.4, 0.5) is 0 Å². The molecule has 0 aromatic carbocycles. The summed E-state index contributed by atoms with van der Waals surface area (Å²) in [6.45, 7) is 8.34. The molecule has 0 fully saturated rings. The molecule has 0 saturated carbocycles. The SMILES string of the molecule is CC(C)CCOCC(C)CC(=O)CCN. The van der Waals surface area contributed by atoms with Gasteiger partial charge in [-0.15, -0.1) is 0 Å². The van der Waals surface area contributed by atoms with Gasteiger partial charge in [-0.1, -0.05) is 20.8 Å². The molecule has 2 N–H and O–H groups in total. The molecule has 0 aromatic rings. The number of ketones is 1. The van der Waals surface area contributed by atoms with Crippen molar-refractivity contribution in [1.82, 2.24) is 0 Å². The first kappa shape index (κ1) is 14.6. The molecule has 0 aliphatic heterocycles. The van der Waals surface area contributed by atoms with Gasteiger partial charge >= 0.3 is 0 Å². The van der Waals surface area contributed by atoms with E-state index in [4.69, 9.17) is 10.5 Å². The van der Waals surface area contributed by atoms with Crippen molar-refractivity contribution in [1.29, 1.82) is 0 Å². The molecular formula is C12H25NO2. The van der Waals surface area contributed by atoms with Crippen LogP contribution in [0.5, 0.6) is 0 Å². The third kappa shape index (κ3) is 9.88. The molecule has 0 aliphatic rings. The Morgan fingerprint density at radius 1 is 1.33 bits per heavy atom. The summed E-state index contributed by atoms with van der Waals surface area (Å²) in [7, 11) is 0. The summed E-state index contributed by atoms with van der Waals surface area (Å²) in [6, 6.07) is 0. The van der Waals surface area contributed by atoms with Crippen LogP contribution >= 0.6 is 0 Å². The molecule has 90 valence electrons. The summed E-state index contributed by atoms with van der Waals surface area (Å²) in [5, 5.41) is 0. The van der Waals surface area contributed by atoms with Gasteiger partial charge in [0, 0.05) is 26.1 Å². The fourth-order valence-corrected chi connectivity index (χ4v) is 1.31. The van der Waals surface area contributed by atoms with Gasteiger partial charge < -0.3 is 10.5 Å². The predicted molar refractivity (Wildman–Crippen MR) is 62.7 cm³/mol. The second-order valence-electron chi connectivity index (χ2n) is 4.64. The van der Waals surface area contributed by atoms with E-state index in [-0.39, 0.29) is 5.78 Å². The number of carbonyl (C=O) groups is 1. The first-order valence-electron chi connectivity index (χ1n) is 5.85. The van der Waals surface area contributed by atoms with E-state index < -0.39 is 0 Å². The van der Waals surface area contributed by atoms with Crippen LogP contribution in [-0.4, -0.2) is 25.5 Å². The minimum atomic E-state index is 0.248. The van der Waals surface area contributed by atoms with Gasteiger partial charge in [0.05, 0.1) is 0 Å². The average Bonchev–Trinajstić information content (AvgIpc) is 2.12. The highest BCUT2D eigenvalue weighted by Gasteiger charge is 2.08. The Kier molecular flexibility index (Phi) is 8.62. The van der Waals surface area contributed by atoms with Crippen molar-refractivity contribution in [2.75, 3.05) is 19.8 Å². The Labute approximate surface area is 93.4 Å². The van der Waals surface area contributed by atoms with Gasteiger partial charge in [-0.3, -0.25) is 4.79 Å². The fraction of sp³-hybridized carbons (Fsp3) is 0.917. The molecule has 15 heavy (non-hydrogen) atoms. The van der Waals surface area contributed by atoms with E-state index in [0.717, 1.165) is 13.0 Å². The zero-order valence-electron chi connectivity index (χ0n) is 10.3. The Hall–Kier alpha value is -0.410. The van der Waals surface area contributed by atoms with E-state index in [0.29, 0.717) is 37.8 Å². The Morgan fingerprint density at radius 2 is 2.00 bits per heavy atom. The van der Waals surface area contributed by atoms with Crippen LogP contribution in [0.25, 0.3) is 0 Å². The van der Waals surface area contributed by atoms with Gasteiger partial charge in [-0.05, 0) is 24.8 Å². The molecule has 0 aromatic heterocycles. The molecule has 0 saturated heterocycles. The van der Waals surface area contributed by atoms with Gasteiger partial charge in [0.2, 0.25) is 0 Å². The number of rotatable bonds is 9. The molecular weight excluding hydrogens is 190 g/mol. The molecule has 0 bridgehead atoms. The third-order valence-electron chi connectivity index (χ3n) is 2.24. The monoisotopic (exact) mass is 215 g/mol. The van der Waals surface area contributed by atoms with Gasteiger partial charge in [-0.25, -0.2) is 0 Å². The van der Waals surface area contributed by atoms with Gasteiger partial charge in [0.15, 0.2) is 0 Å². The second kappa shape index (κ2) is 8.86. The molecule has 0 aliphatic carbocycles. The van der Waals surface area contributed by atoms with Crippen molar-refractivity contribution in [3.63, 3.8) is 0 Å². The van der Waals surface area contributed by atoms with E-state index in [2.05, 4.69) is 13.8 Å². The molecule has 0 spiro atoms. The molecule has 3 heteroatoms. The molecule has 0 amide bonds. The maximum absolute atomic E-state index is 11.3. The maximum atomic E-state index is 11.3. The lowest BCUT2D eigenvalue weighted by molar-refractivity contribution is -0.120. The first-order valence-corrected chi connectivity index (χ1v) is 5.85. The summed E-state index contributed by atoms with van der Waals surface area (Å²) in [5.74, 6) is 1.24. The van der Waals surface area contributed by atoms with Crippen molar-refractivity contribution < 1.29 is 9.53 Å². The van der Waals surface area contributed by atoms with Gasteiger partial charge in [0.1, 0.15) is 5.78 Å². The number of ether oxygens (including phenoxy) is 1. The normalized spacial score (nSPS) is 13.1. The molecule has 3 nitrogen and oxygen atoms in total. The maximum Gasteiger partial charge on any atom is 0.134 e. The smallest absolute Gasteiger partial charge is 0.134 e. The quantitative estimate of drug-likeness (QED) is 0.598. The summed E-state index contributed by atoms with van der Waals surface area (Å²) in [6.07, 6.45) is 2.18. The van der Waals surface area contributed by atoms with Crippen LogP contribution < -0.4 is 5.73 Å². The van der Waals surface area contributed by atoms with Crippen molar-refractivity contribution in [2.45, 2.75) is 40.0 Å². The molecule has 0 rings (SSSR count). The van der Waals surface area contributed by atoms with Crippen LogP contribution in [-0.2, 0) is 9.53 Å². The van der Waals surface area contributed by atoms with E-state index in [9.17, 15) is 4.79 Å². The number of Topliss-reactive ketones (excluding diaryl/α,β-unsaturated/α-hetero) is 1. The van der Waals surface area contributed by atoms with Gasteiger partial charge in [-0.2, -0.15) is 0 Å². The first-order chi connectivity index (χ1) is 7.06. The topological polar surface area (TPSA) is 52.3 Å². The minimum absolute atomic E-state index is 0.248. The second-order valence-corrected chi connectivity index (χ2v) is 4.64. The van der Waals surface area contributed by atoms with Crippen molar-refractivity contribution in [3.8, 4) is 0 Å². The summed E-state index contributed by atoms with van der Waals surface area (Å²) in [4.78, 5) is 11.3. The van der Waals surface area contributed by atoms with Crippen LogP contribution in [0.15, 0.2) is 0 Å². The van der Waals surface area contributed by atoms with E-state index in [1.165, 1.54) is 0 Å². The number of carbonyl (C=O) groups excluding carboxylic acids is 1. The van der Waals surface area contributed by atoms with E-state index in [1.54, 1.807) is 0 Å².